The number of phenols is 2. The van der Waals surface area contributed by atoms with E-state index in [0.717, 1.165) is 21.5 Å². The van der Waals surface area contributed by atoms with E-state index >= 15 is 0 Å². The number of benzene rings is 4. The molecule has 0 aliphatic heterocycles. The third-order valence-corrected chi connectivity index (χ3v) is 4.22. The van der Waals surface area contributed by atoms with Gasteiger partial charge in [0.25, 0.3) is 0 Å². The van der Waals surface area contributed by atoms with E-state index in [2.05, 4.69) is 0 Å². The maximum Gasteiger partial charge on any atom is 0.116 e. The normalized spacial score (nSPS) is 10.4. The van der Waals surface area contributed by atoms with Gasteiger partial charge in [0.05, 0.1) is 10.7 Å². The minimum Gasteiger partial charge on any atom is -0.508 e. The molecule has 4 aromatic carbocycles. The summed E-state index contributed by atoms with van der Waals surface area (Å²) in [5, 5.41) is 22.7. The number of rotatable bonds is 0. The van der Waals surface area contributed by atoms with Crippen molar-refractivity contribution in [1.29, 1.82) is 0 Å². The molecule has 0 aromatic heterocycles. The Kier molecular flexibility index (Phi) is 4.55. The predicted octanol–water partition coefficient (Wildman–Crippen LogP) is 4.91. The highest BCUT2D eigenvalue weighted by Gasteiger charge is 2.02. The zero-order chi connectivity index (χ0) is 18.0. The van der Waals surface area contributed by atoms with Gasteiger partial charge in [0.2, 0.25) is 0 Å². The summed E-state index contributed by atoms with van der Waals surface area (Å²) in [7, 11) is 0. The maximum absolute atomic E-state index is 9.25. The maximum atomic E-state index is 9.25. The van der Waals surface area contributed by atoms with Crippen molar-refractivity contribution < 1.29 is 10.2 Å². The van der Waals surface area contributed by atoms with E-state index in [1.54, 1.807) is 36.4 Å². The van der Waals surface area contributed by atoms with Crippen LogP contribution in [0.25, 0.3) is 21.5 Å². The molecule has 0 bridgehead atoms. The fourth-order valence-corrected chi connectivity index (χ4v) is 2.75. The van der Waals surface area contributed by atoms with Crippen LogP contribution in [0.15, 0.2) is 66.7 Å². The largest absolute Gasteiger partial charge is 0.508 e. The molecular weight excluding hydrogens is 336 g/mol. The molecule has 126 valence electrons. The summed E-state index contributed by atoms with van der Waals surface area (Å²) in [4.78, 5) is 0. The van der Waals surface area contributed by atoms with Gasteiger partial charge in [-0.15, -0.1) is 0 Å². The number of nitrogen functional groups attached to an aromatic ring is 2. The molecule has 0 aliphatic rings. The Morgan fingerprint density at radius 2 is 1.24 bits per heavy atom. The smallest absolute Gasteiger partial charge is 0.116 e. The van der Waals surface area contributed by atoms with Crippen LogP contribution in [0.2, 0.25) is 5.02 Å². The monoisotopic (exact) mass is 352 g/mol. The molecule has 0 fully saturated rings. The molecule has 0 aliphatic carbocycles. The molecule has 0 heterocycles. The summed E-state index contributed by atoms with van der Waals surface area (Å²) in [5.41, 5.74) is 12.7. The first-order valence-electron chi connectivity index (χ1n) is 7.59. The average Bonchev–Trinajstić information content (AvgIpc) is 2.60. The van der Waals surface area contributed by atoms with Gasteiger partial charge < -0.3 is 21.7 Å². The van der Waals surface area contributed by atoms with Crippen molar-refractivity contribution >= 4 is 44.5 Å². The van der Waals surface area contributed by atoms with Crippen molar-refractivity contribution in [3.05, 3.63) is 71.8 Å². The Morgan fingerprint density at radius 1 is 0.680 bits per heavy atom. The van der Waals surface area contributed by atoms with Crippen LogP contribution in [0.3, 0.4) is 0 Å². The van der Waals surface area contributed by atoms with Crippen LogP contribution in [0, 0.1) is 0 Å². The summed E-state index contributed by atoms with van der Waals surface area (Å²) in [6.45, 7) is 0. The minimum absolute atomic E-state index is 0.196. The fourth-order valence-electron chi connectivity index (χ4n) is 2.59. The molecule has 0 spiro atoms. The second-order valence-electron chi connectivity index (χ2n) is 5.62. The number of fused-ring (bicyclic) bond motifs is 2. The lowest BCUT2D eigenvalue weighted by atomic mass is 10.1. The highest BCUT2D eigenvalue weighted by atomic mass is 35.5. The standard InChI is InChI=1S/C10H8ClNO.C10H9NO/c11-9-4-2-6-1-3-7(13)5-8(6)10(9)12;11-10-3-1-2-7-4-5-8(12)6-9(7)10/h1-5,13H,12H2;1-6,12H,11H2. The number of nitrogens with two attached hydrogens (primary N) is 2. The molecule has 0 saturated carbocycles. The van der Waals surface area contributed by atoms with Gasteiger partial charge in [-0.3, -0.25) is 0 Å². The van der Waals surface area contributed by atoms with E-state index in [0.29, 0.717) is 16.4 Å². The highest BCUT2D eigenvalue weighted by Crippen LogP contribution is 2.30. The van der Waals surface area contributed by atoms with Crippen LogP contribution < -0.4 is 11.5 Å². The first-order valence-corrected chi connectivity index (χ1v) is 7.97. The van der Waals surface area contributed by atoms with Gasteiger partial charge >= 0.3 is 0 Å². The van der Waals surface area contributed by atoms with Gasteiger partial charge in [-0.25, -0.2) is 0 Å². The minimum atomic E-state index is 0.196. The molecular formula is C20H17ClN2O2. The van der Waals surface area contributed by atoms with Crippen LogP contribution in [0.1, 0.15) is 0 Å². The Bertz CT molecular complexity index is 1060. The first kappa shape index (κ1) is 16.7. The van der Waals surface area contributed by atoms with Crippen LogP contribution in [-0.4, -0.2) is 10.2 Å². The van der Waals surface area contributed by atoms with Crippen molar-refractivity contribution in [2.24, 2.45) is 0 Å². The van der Waals surface area contributed by atoms with E-state index in [1.165, 1.54) is 0 Å². The van der Waals surface area contributed by atoms with E-state index < -0.39 is 0 Å². The van der Waals surface area contributed by atoms with E-state index in [4.69, 9.17) is 23.1 Å². The molecule has 0 radical (unpaired) electrons. The molecule has 0 unspecified atom stereocenters. The second-order valence-corrected chi connectivity index (χ2v) is 6.03. The van der Waals surface area contributed by atoms with Gasteiger partial charge in [0.15, 0.2) is 0 Å². The average molecular weight is 353 g/mol. The third kappa shape index (κ3) is 3.54. The topological polar surface area (TPSA) is 92.5 Å². The summed E-state index contributed by atoms with van der Waals surface area (Å²) in [6, 6.07) is 19.5. The quantitative estimate of drug-likeness (QED) is 0.338. The van der Waals surface area contributed by atoms with Crippen LogP contribution in [-0.2, 0) is 0 Å². The SMILES string of the molecule is Nc1c(Cl)ccc2ccc(O)cc12.Nc1cccc2ccc(O)cc12. The van der Waals surface area contributed by atoms with Gasteiger partial charge in [0, 0.05) is 16.5 Å². The molecule has 0 amide bonds. The Hall–Kier alpha value is -3.11. The molecule has 6 N–H and O–H groups in total. The van der Waals surface area contributed by atoms with Crippen molar-refractivity contribution in [2.45, 2.75) is 0 Å². The van der Waals surface area contributed by atoms with Crippen molar-refractivity contribution in [2.75, 3.05) is 11.5 Å². The number of anilines is 2. The molecule has 4 rings (SSSR count). The summed E-state index contributed by atoms with van der Waals surface area (Å²) < 4.78 is 0. The molecule has 0 atom stereocenters. The first-order chi connectivity index (χ1) is 12.0. The zero-order valence-electron chi connectivity index (χ0n) is 13.3. The van der Waals surface area contributed by atoms with Crippen molar-refractivity contribution in [3.63, 3.8) is 0 Å². The summed E-state index contributed by atoms with van der Waals surface area (Å²) in [5.74, 6) is 0.446. The second kappa shape index (κ2) is 6.79. The van der Waals surface area contributed by atoms with Crippen molar-refractivity contribution in [3.8, 4) is 11.5 Å². The summed E-state index contributed by atoms with van der Waals surface area (Å²) >= 11 is 5.83. The van der Waals surface area contributed by atoms with E-state index in [1.807, 2.05) is 30.3 Å². The Labute approximate surface area is 149 Å². The van der Waals surface area contributed by atoms with E-state index in [-0.39, 0.29) is 11.5 Å². The number of phenolic OH excluding ortho intramolecular Hbond substituents is 2. The lowest BCUT2D eigenvalue weighted by Gasteiger charge is -2.03. The predicted molar refractivity (Wildman–Crippen MR) is 105 cm³/mol. The van der Waals surface area contributed by atoms with Gasteiger partial charge in [-0.1, -0.05) is 41.9 Å². The lowest BCUT2D eigenvalue weighted by molar-refractivity contribution is 0.475. The van der Waals surface area contributed by atoms with Crippen LogP contribution >= 0.6 is 11.6 Å². The molecule has 5 heteroatoms. The third-order valence-electron chi connectivity index (χ3n) is 3.89. The fraction of sp³-hybridized carbons (Fsp3) is 0. The van der Waals surface area contributed by atoms with E-state index in [9.17, 15) is 10.2 Å². The Balaban J connectivity index is 0.000000146. The number of hydrogen-bond donors (Lipinski definition) is 4. The van der Waals surface area contributed by atoms with Gasteiger partial charge in [-0.05, 0) is 47.2 Å². The number of halogens is 1. The van der Waals surface area contributed by atoms with Crippen LogP contribution in [0.5, 0.6) is 11.5 Å². The number of aromatic hydroxyl groups is 2. The molecule has 4 aromatic rings. The lowest BCUT2D eigenvalue weighted by Crippen LogP contribution is -1.87. The molecule has 4 nitrogen and oxygen atoms in total. The highest BCUT2D eigenvalue weighted by molar-refractivity contribution is 6.34. The summed E-state index contributed by atoms with van der Waals surface area (Å²) in [6.07, 6.45) is 0. The molecule has 25 heavy (non-hydrogen) atoms. The van der Waals surface area contributed by atoms with Gasteiger partial charge in [0.1, 0.15) is 11.5 Å². The number of hydrogen-bond acceptors (Lipinski definition) is 4. The van der Waals surface area contributed by atoms with Crippen molar-refractivity contribution in [1.82, 2.24) is 0 Å². The molecule has 0 saturated heterocycles. The zero-order valence-corrected chi connectivity index (χ0v) is 14.0. The van der Waals surface area contributed by atoms with Crippen LogP contribution in [0.4, 0.5) is 11.4 Å². The Morgan fingerprint density at radius 3 is 1.92 bits per heavy atom. The van der Waals surface area contributed by atoms with Gasteiger partial charge in [-0.2, -0.15) is 0 Å².